The zero-order valence-electron chi connectivity index (χ0n) is 14.7. The Morgan fingerprint density at radius 2 is 1.81 bits per heavy atom. The van der Waals surface area contributed by atoms with Gasteiger partial charge in [0, 0.05) is 34.9 Å². The summed E-state index contributed by atoms with van der Waals surface area (Å²) in [6.45, 7) is 2.42. The molecule has 0 radical (unpaired) electrons. The fourth-order valence-corrected chi connectivity index (χ4v) is 3.16. The van der Waals surface area contributed by atoms with Gasteiger partial charge in [-0.2, -0.15) is 0 Å². The molecule has 0 aliphatic rings. The van der Waals surface area contributed by atoms with Crippen molar-refractivity contribution in [1.29, 1.82) is 0 Å². The summed E-state index contributed by atoms with van der Waals surface area (Å²) in [6, 6.07) is 17.0. The molecule has 2 aromatic carbocycles. The molecule has 4 nitrogen and oxygen atoms in total. The Hall–Kier alpha value is -3.11. The third-order valence-electron chi connectivity index (χ3n) is 4.39. The van der Waals surface area contributed by atoms with E-state index in [0.717, 1.165) is 27.6 Å². The van der Waals surface area contributed by atoms with E-state index in [-0.39, 0.29) is 5.91 Å². The molecule has 2 heterocycles. The van der Waals surface area contributed by atoms with Gasteiger partial charge in [-0.25, -0.2) is 0 Å². The van der Waals surface area contributed by atoms with Gasteiger partial charge in [-0.1, -0.05) is 35.4 Å². The van der Waals surface area contributed by atoms with Crippen molar-refractivity contribution < 1.29 is 9.21 Å². The van der Waals surface area contributed by atoms with Crippen molar-refractivity contribution in [3.05, 3.63) is 88.9 Å². The lowest BCUT2D eigenvalue weighted by Gasteiger charge is -2.06. The van der Waals surface area contributed by atoms with Crippen LogP contribution in [0.3, 0.4) is 0 Å². The summed E-state index contributed by atoms with van der Waals surface area (Å²) in [5.41, 5.74) is 4.41. The highest BCUT2D eigenvalue weighted by atomic mass is 35.5. The van der Waals surface area contributed by atoms with Crippen LogP contribution in [0.15, 0.2) is 71.4 Å². The van der Waals surface area contributed by atoms with Gasteiger partial charge in [-0.3, -0.25) is 9.78 Å². The number of aryl methyl sites for hydroxylation is 1. The summed E-state index contributed by atoms with van der Waals surface area (Å²) in [4.78, 5) is 16.9. The smallest absolute Gasteiger partial charge is 0.287 e. The quantitative estimate of drug-likeness (QED) is 0.519. The van der Waals surface area contributed by atoms with Crippen LogP contribution in [-0.2, 0) is 6.54 Å². The monoisotopic (exact) mass is 376 g/mol. The van der Waals surface area contributed by atoms with Crippen LogP contribution in [-0.4, -0.2) is 10.9 Å². The molecule has 1 amide bonds. The molecular formula is C22H17ClN2O2. The fourth-order valence-electron chi connectivity index (χ4n) is 3.04. The van der Waals surface area contributed by atoms with Crippen LogP contribution in [0, 0.1) is 6.92 Å². The van der Waals surface area contributed by atoms with E-state index in [1.807, 2.05) is 61.5 Å². The first-order chi connectivity index (χ1) is 13.1. The maximum absolute atomic E-state index is 12.9. The Labute approximate surface area is 161 Å². The molecule has 5 heteroatoms. The number of fused-ring (bicyclic) bond motifs is 1. The number of hydrogen-bond donors (Lipinski definition) is 1. The first-order valence-corrected chi connectivity index (χ1v) is 8.96. The van der Waals surface area contributed by atoms with Crippen LogP contribution in [0.5, 0.6) is 0 Å². The number of carbonyl (C=O) groups excluding carboxylic acids is 1. The molecule has 4 aromatic rings. The first kappa shape index (κ1) is 17.3. The number of furan rings is 1. The van der Waals surface area contributed by atoms with Crippen LogP contribution in [0.4, 0.5) is 0 Å². The van der Waals surface area contributed by atoms with Crippen molar-refractivity contribution in [2.45, 2.75) is 13.5 Å². The average Bonchev–Trinajstić information content (AvgIpc) is 3.06. The Morgan fingerprint density at radius 3 is 2.56 bits per heavy atom. The second-order valence-corrected chi connectivity index (χ2v) is 6.79. The van der Waals surface area contributed by atoms with Crippen LogP contribution in [0.1, 0.15) is 21.7 Å². The normalized spacial score (nSPS) is 10.9. The molecule has 27 heavy (non-hydrogen) atoms. The Bertz CT molecular complexity index is 1100. The molecule has 0 bridgehead atoms. The third kappa shape index (κ3) is 3.57. The van der Waals surface area contributed by atoms with E-state index in [9.17, 15) is 4.79 Å². The standard InChI is InChI=1S/C22H17ClN2O2/c1-14-2-7-19-18(12-14)20(16-3-5-17(23)6-4-16)21(27-19)22(26)25-13-15-8-10-24-11-9-15/h2-12H,13H2,1H3,(H,25,26). The maximum Gasteiger partial charge on any atom is 0.287 e. The van der Waals surface area contributed by atoms with Crippen molar-refractivity contribution in [2.75, 3.05) is 0 Å². The number of hydrogen-bond acceptors (Lipinski definition) is 3. The molecule has 2 aromatic heterocycles. The summed E-state index contributed by atoms with van der Waals surface area (Å²) < 4.78 is 5.93. The molecule has 1 N–H and O–H groups in total. The molecule has 0 aliphatic heterocycles. The summed E-state index contributed by atoms with van der Waals surface area (Å²) >= 11 is 6.03. The van der Waals surface area contributed by atoms with Gasteiger partial charge in [0.25, 0.3) is 5.91 Å². The zero-order chi connectivity index (χ0) is 18.8. The number of benzene rings is 2. The summed E-state index contributed by atoms with van der Waals surface area (Å²) in [5.74, 6) is 0.0394. The molecule has 0 spiro atoms. The van der Waals surface area contributed by atoms with Crippen molar-refractivity contribution >= 4 is 28.5 Å². The number of nitrogens with one attached hydrogen (secondary N) is 1. The van der Waals surface area contributed by atoms with Gasteiger partial charge in [0.15, 0.2) is 0 Å². The van der Waals surface area contributed by atoms with E-state index >= 15 is 0 Å². The van der Waals surface area contributed by atoms with Crippen LogP contribution in [0.2, 0.25) is 5.02 Å². The summed E-state index contributed by atoms with van der Waals surface area (Å²) in [7, 11) is 0. The molecular weight excluding hydrogens is 360 g/mol. The minimum Gasteiger partial charge on any atom is -0.450 e. The third-order valence-corrected chi connectivity index (χ3v) is 4.64. The number of carbonyl (C=O) groups is 1. The molecule has 0 saturated carbocycles. The molecule has 0 fully saturated rings. The lowest BCUT2D eigenvalue weighted by molar-refractivity contribution is 0.0926. The van der Waals surface area contributed by atoms with E-state index in [0.29, 0.717) is 22.9 Å². The lowest BCUT2D eigenvalue weighted by atomic mass is 10.0. The largest absolute Gasteiger partial charge is 0.450 e. The van der Waals surface area contributed by atoms with E-state index in [1.54, 1.807) is 12.4 Å². The highest BCUT2D eigenvalue weighted by Crippen LogP contribution is 2.36. The minimum absolute atomic E-state index is 0.259. The summed E-state index contributed by atoms with van der Waals surface area (Å²) in [6.07, 6.45) is 3.40. The van der Waals surface area contributed by atoms with Crippen molar-refractivity contribution in [3.63, 3.8) is 0 Å². The Kier molecular flexibility index (Phi) is 4.65. The fraction of sp³-hybridized carbons (Fsp3) is 0.0909. The average molecular weight is 377 g/mol. The van der Waals surface area contributed by atoms with Crippen LogP contribution < -0.4 is 5.32 Å². The van der Waals surface area contributed by atoms with E-state index in [2.05, 4.69) is 10.3 Å². The molecule has 0 saturated heterocycles. The molecule has 134 valence electrons. The van der Waals surface area contributed by atoms with Gasteiger partial charge < -0.3 is 9.73 Å². The van der Waals surface area contributed by atoms with Crippen molar-refractivity contribution in [1.82, 2.24) is 10.3 Å². The van der Waals surface area contributed by atoms with E-state index < -0.39 is 0 Å². The lowest BCUT2D eigenvalue weighted by Crippen LogP contribution is -2.22. The predicted octanol–water partition coefficient (Wildman–Crippen LogP) is 5.39. The topological polar surface area (TPSA) is 55.1 Å². The van der Waals surface area contributed by atoms with Crippen LogP contribution >= 0.6 is 11.6 Å². The highest BCUT2D eigenvalue weighted by Gasteiger charge is 2.22. The van der Waals surface area contributed by atoms with Gasteiger partial charge in [-0.05, 0) is 54.4 Å². The number of nitrogens with zero attached hydrogens (tertiary/aromatic N) is 1. The van der Waals surface area contributed by atoms with E-state index in [1.165, 1.54) is 0 Å². The number of rotatable bonds is 4. The van der Waals surface area contributed by atoms with Gasteiger partial charge in [-0.15, -0.1) is 0 Å². The van der Waals surface area contributed by atoms with Gasteiger partial charge in [0.2, 0.25) is 5.76 Å². The first-order valence-electron chi connectivity index (χ1n) is 8.58. The predicted molar refractivity (Wildman–Crippen MR) is 107 cm³/mol. The molecule has 0 aliphatic carbocycles. The van der Waals surface area contributed by atoms with Crippen LogP contribution in [0.25, 0.3) is 22.1 Å². The number of amides is 1. The van der Waals surface area contributed by atoms with Gasteiger partial charge in [0.05, 0.1) is 0 Å². The second kappa shape index (κ2) is 7.25. The highest BCUT2D eigenvalue weighted by molar-refractivity contribution is 6.30. The Balaban J connectivity index is 1.76. The van der Waals surface area contributed by atoms with Gasteiger partial charge in [0.1, 0.15) is 5.58 Å². The number of halogens is 1. The van der Waals surface area contributed by atoms with Crippen molar-refractivity contribution in [2.24, 2.45) is 0 Å². The maximum atomic E-state index is 12.9. The minimum atomic E-state index is -0.259. The molecule has 4 rings (SSSR count). The van der Waals surface area contributed by atoms with Crippen molar-refractivity contribution in [3.8, 4) is 11.1 Å². The molecule has 0 unspecified atom stereocenters. The SMILES string of the molecule is Cc1ccc2oc(C(=O)NCc3ccncc3)c(-c3ccc(Cl)cc3)c2c1. The zero-order valence-corrected chi connectivity index (χ0v) is 15.5. The second-order valence-electron chi connectivity index (χ2n) is 6.35. The number of aromatic nitrogens is 1. The van der Waals surface area contributed by atoms with Gasteiger partial charge >= 0.3 is 0 Å². The Morgan fingerprint density at radius 1 is 1.07 bits per heavy atom. The molecule has 0 atom stereocenters. The van der Waals surface area contributed by atoms with E-state index in [4.69, 9.17) is 16.0 Å². The summed E-state index contributed by atoms with van der Waals surface area (Å²) in [5, 5.41) is 4.48. The number of pyridine rings is 1.